The van der Waals surface area contributed by atoms with Crippen LogP contribution in [-0.4, -0.2) is 36.1 Å². The molecular weight excluding hydrogens is 352 g/mol. The molecule has 0 aliphatic rings. The summed E-state index contributed by atoms with van der Waals surface area (Å²) in [5, 5.41) is 2.76. The Labute approximate surface area is 166 Å². The number of likely N-dealkylation sites (N-methyl/N-ethyl adjacent to an activating group) is 1. The number of Topliss-reactive ketones (excluding diaryl/α,β-unsaturated/α-hetero) is 1. The van der Waals surface area contributed by atoms with Gasteiger partial charge in [-0.2, -0.15) is 0 Å². The quantitative estimate of drug-likeness (QED) is 0.669. The van der Waals surface area contributed by atoms with Crippen molar-refractivity contribution in [1.29, 1.82) is 0 Å². The zero-order valence-corrected chi connectivity index (χ0v) is 16.8. The van der Waals surface area contributed by atoms with Crippen LogP contribution in [0.5, 0.6) is 0 Å². The van der Waals surface area contributed by atoms with E-state index < -0.39 is 0 Å². The summed E-state index contributed by atoms with van der Waals surface area (Å²) < 4.78 is 0. The van der Waals surface area contributed by atoms with Gasteiger partial charge in [0.05, 0.1) is 6.54 Å². The molecule has 0 radical (unpaired) electrons. The van der Waals surface area contributed by atoms with E-state index >= 15 is 0 Å². The predicted molar refractivity (Wildman–Crippen MR) is 111 cm³/mol. The molecule has 0 atom stereocenters. The van der Waals surface area contributed by atoms with Gasteiger partial charge < -0.3 is 10.2 Å². The maximum atomic E-state index is 12.3. The Kier molecular flexibility index (Phi) is 7.93. The average molecular weight is 380 g/mol. The highest BCUT2D eigenvalue weighted by molar-refractivity contribution is 5.98. The molecule has 0 bridgehead atoms. The molecule has 0 saturated heterocycles. The Morgan fingerprint density at radius 1 is 0.929 bits per heavy atom. The van der Waals surface area contributed by atoms with E-state index in [0.29, 0.717) is 11.3 Å². The second-order valence-corrected chi connectivity index (χ2v) is 7.03. The lowest BCUT2D eigenvalue weighted by atomic mass is 10.0. The number of ketones is 1. The number of nitrogens with zero attached hydrogens (tertiary/aromatic N) is 1. The Morgan fingerprint density at radius 3 is 2.18 bits per heavy atom. The van der Waals surface area contributed by atoms with Crippen molar-refractivity contribution in [1.82, 2.24) is 4.90 Å². The Bertz CT molecular complexity index is 811. The lowest BCUT2D eigenvalue weighted by Gasteiger charge is -2.16. The Morgan fingerprint density at radius 2 is 1.57 bits per heavy atom. The molecule has 0 fully saturated rings. The smallest absolute Gasteiger partial charge is 0.243 e. The molecule has 0 heterocycles. The SMILES string of the molecule is CCCc1ccc(C(=O)CCC(=O)N(C)CC(=O)Nc2ccc(C)cc2)cc1. The molecule has 5 heteroatoms. The number of carbonyl (C=O) groups excluding carboxylic acids is 3. The molecule has 28 heavy (non-hydrogen) atoms. The number of hydrogen-bond donors (Lipinski definition) is 1. The summed E-state index contributed by atoms with van der Waals surface area (Å²) in [6.07, 6.45) is 2.27. The topological polar surface area (TPSA) is 66.5 Å². The minimum absolute atomic E-state index is 0.0490. The fraction of sp³-hybridized carbons (Fsp3) is 0.348. The van der Waals surface area contributed by atoms with Crippen molar-refractivity contribution in [3.8, 4) is 0 Å². The minimum Gasteiger partial charge on any atom is -0.336 e. The van der Waals surface area contributed by atoms with Crippen LogP contribution in [0.4, 0.5) is 5.69 Å². The highest BCUT2D eigenvalue weighted by Gasteiger charge is 2.15. The van der Waals surface area contributed by atoms with Crippen molar-refractivity contribution in [3.63, 3.8) is 0 Å². The number of nitrogens with one attached hydrogen (secondary N) is 1. The van der Waals surface area contributed by atoms with E-state index in [0.717, 1.165) is 18.4 Å². The number of anilines is 1. The molecule has 2 aromatic carbocycles. The van der Waals surface area contributed by atoms with Crippen molar-refractivity contribution in [2.75, 3.05) is 18.9 Å². The van der Waals surface area contributed by atoms with Crippen LogP contribution in [0.3, 0.4) is 0 Å². The van der Waals surface area contributed by atoms with Crippen LogP contribution in [0.25, 0.3) is 0 Å². The van der Waals surface area contributed by atoms with Crippen molar-refractivity contribution >= 4 is 23.3 Å². The van der Waals surface area contributed by atoms with E-state index in [-0.39, 0.29) is 37.0 Å². The Hall–Kier alpha value is -2.95. The zero-order chi connectivity index (χ0) is 20.5. The third-order valence-corrected chi connectivity index (χ3v) is 4.52. The normalized spacial score (nSPS) is 10.4. The summed E-state index contributed by atoms with van der Waals surface area (Å²) in [7, 11) is 1.57. The Balaban J connectivity index is 1.78. The molecule has 1 N–H and O–H groups in total. The van der Waals surface area contributed by atoms with Gasteiger partial charge in [0, 0.05) is 31.1 Å². The number of rotatable bonds is 9. The second kappa shape index (κ2) is 10.4. The van der Waals surface area contributed by atoms with Gasteiger partial charge in [-0.25, -0.2) is 0 Å². The van der Waals surface area contributed by atoms with E-state index in [4.69, 9.17) is 0 Å². The molecule has 0 unspecified atom stereocenters. The van der Waals surface area contributed by atoms with Crippen LogP contribution in [0.15, 0.2) is 48.5 Å². The number of carbonyl (C=O) groups is 3. The van der Waals surface area contributed by atoms with Crippen LogP contribution < -0.4 is 5.32 Å². The van der Waals surface area contributed by atoms with Crippen LogP contribution in [0.2, 0.25) is 0 Å². The number of aryl methyl sites for hydroxylation is 2. The monoisotopic (exact) mass is 380 g/mol. The van der Waals surface area contributed by atoms with Gasteiger partial charge in [0.15, 0.2) is 5.78 Å². The van der Waals surface area contributed by atoms with E-state index in [2.05, 4.69) is 12.2 Å². The lowest BCUT2D eigenvalue weighted by Crippen LogP contribution is -2.35. The molecule has 2 aromatic rings. The number of hydrogen-bond acceptors (Lipinski definition) is 3. The fourth-order valence-electron chi connectivity index (χ4n) is 2.84. The summed E-state index contributed by atoms with van der Waals surface area (Å²) in [4.78, 5) is 38.0. The fourth-order valence-corrected chi connectivity index (χ4v) is 2.84. The first-order valence-electron chi connectivity index (χ1n) is 9.61. The van der Waals surface area contributed by atoms with Gasteiger partial charge in [0.2, 0.25) is 11.8 Å². The van der Waals surface area contributed by atoms with Gasteiger partial charge in [-0.1, -0.05) is 55.3 Å². The molecule has 2 rings (SSSR count). The molecular formula is C23H28N2O3. The third kappa shape index (κ3) is 6.65. The molecule has 2 amide bonds. The molecule has 148 valence electrons. The summed E-state index contributed by atoms with van der Waals surface area (Å²) in [5.74, 6) is -0.554. The van der Waals surface area contributed by atoms with Crippen molar-refractivity contribution in [2.45, 2.75) is 39.5 Å². The van der Waals surface area contributed by atoms with Gasteiger partial charge in [0.1, 0.15) is 0 Å². The van der Waals surface area contributed by atoms with Crippen molar-refractivity contribution in [2.24, 2.45) is 0 Å². The summed E-state index contributed by atoms with van der Waals surface area (Å²) >= 11 is 0. The standard InChI is InChI=1S/C23H28N2O3/c1-4-5-18-8-10-19(11-9-18)21(26)14-15-23(28)25(3)16-22(27)24-20-12-6-17(2)7-13-20/h6-13H,4-5,14-16H2,1-3H3,(H,24,27). The van der Waals surface area contributed by atoms with Gasteiger partial charge in [0.25, 0.3) is 0 Å². The molecule has 0 saturated carbocycles. The first-order chi connectivity index (χ1) is 13.4. The van der Waals surface area contributed by atoms with Crippen LogP contribution >= 0.6 is 0 Å². The van der Waals surface area contributed by atoms with Crippen molar-refractivity contribution in [3.05, 3.63) is 65.2 Å². The van der Waals surface area contributed by atoms with Crippen LogP contribution in [-0.2, 0) is 16.0 Å². The maximum Gasteiger partial charge on any atom is 0.243 e. The molecule has 0 aliphatic heterocycles. The lowest BCUT2D eigenvalue weighted by molar-refractivity contribution is -0.133. The highest BCUT2D eigenvalue weighted by Crippen LogP contribution is 2.11. The zero-order valence-electron chi connectivity index (χ0n) is 16.8. The van der Waals surface area contributed by atoms with E-state index in [9.17, 15) is 14.4 Å². The van der Waals surface area contributed by atoms with Gasteiger partial charge in [-0.3, -0.25) is 14.4 Å². The van der Waals surface area contributed by atoms with Crippen molar-refractivity contribution < 1.29 is 14.4 Å². The summed E-state index contributed by atoms with van der Waals surface area (Å²) in [6.45, 7) is 4.04. The van der Waals surface area contributed by atoms with Gasteiger partial charge >= 0.3 is 0 Å². The molecule has 0 spiro atoms. The maximum absolute atomic E-state index is 12.3. The van der Waals surface area contributed by atoms with Gasteiger partial charge in [-0.15, -0.1) is 0 Å². The second-order valence-electron chi connectivity index (χ2n) is 7.03. The predicted octanol–water partition coefficient (Wildman–Crippen LogP) is 4.01. The minimum atomic E-state index is -0.266. The first-order valence-corrected chi connectivity index (χ1v) is 9.61. The van der Waals surface area contributed by atoms with E-state index in [1.807, 2.05) is 55.5 Å². The van der Waals surface area contributed by atoms with Crippen LogP contribution in [0, 0.1) is 6.92 Å². The largest absolute Gasteiger partial charge is 0.336 e. The average Bonchev–Trinajstić information content (AvgIpc) is 2.68. The molecule has 0 aromatic heterocycles. The van der Waals surface area contributed by atoms with Crippen LogP contribution in [0.1, 0.15) is 47.7 Å². The third-order valence-electron chi connectivity index (χ3n) is 4.52. The van der Waals surface area contributed by atoms with Gasteiger partial charge in [-0.05, 0) is 31.0 Å². The van der Waals surface area contributed by atoms with E-state index in [1.54, 1.807) is 7.05 Å². The highest BCUT2D eigenvalue weighted by atomic mass is 16.2. The number of amides is 2. The first kappa shape index (κ1) is 21.4. The van der Waals surface area contributed by atoms with E-state index in [1.165, 1.54) is 10.5 Å². The summed E-state index contributed by atoms with van der Waals surface area (Å²) in [5.41, 5.74) is 3.62. The molecule has 0 aliphatic carbocycles. The number of benzene rings is 2. The molecule has 5 nitrogen and oxygen atoms in total. The summed E-state index contributed by atoms with van der Waals surface area (Å²) in [6, 6.07) is 15.0.